The normalized spacial score (nSPS) is 14.5. The summed E-state index contributed by atoms with van der Waals surface area (Å²) < 4.78 is 14.0. The van der Waals surface area contributed by atoms with Crippen molar-refractivity contribution < 1.29 is 4.39 Å². The maximum absolute atomic E-state index is 14.0. The zero-order chi connectivity index (χ0) is 21.1. The lowest BCUT2D eigenvalue weighted by atomic mass is 9.81. The largest absolute Gasteiger partial charge is 0.336 e. The highest BCUT2D eigenvalue weighted by Gasteiger charge is 2.37. The molecule has 0 radical (unpaired) electrons. The van der Waals surface area contributed by atoms with Gasteiger partial charge in [-0.15, -0.1) is 0 Å². The average Bonchev–Trinajstić information content (AvgIpc) is 2.83. The second-order valence-corrected chi connectivity index (χ2v) is 9.79. The Balaban J connectivity index is 1.97. The molecule has 1 nitrogen and oxygen atoms in total. The number of anilines is 2. The van der Waals surface area contributed by atoms with Crippen LogP contribution in [0.3, 0.4) is 0 Å². The van der Waals surface area contributed by atoms with E-state index in [1.54, 1.807) is 12.1 Å². The highest BCUT2D eigenvalue weighted by molar-refractivity contribution is 5.85. The third-order valence-corrected chi connectivity index (χ3v) is 6.22. The minimum absolute atomic E-state index is 0.0905. The van der Waals surface area contributed by atoms with Crippen molar-refractivity contribution in [3.05, 3.63) is 82.7 Å². The molecular formula is C27H30FN. The van der Waals surface area contributed by atoms with Crippen LogP contribution in [0.25, 0.3) is 11.1 Å². The van der Waals surface area contributed by atoms with Crippen molar-refractivity contribution in [2.45, 2.75) is 59.4 Å². The van der Waals surface area contributed by atoms with E-state index >= 15 is 0 Å². The van der Waals surface area contributed by atoms with Gasteiger partial charge in [0.1, 0.15) is 5.82 Å². The van der Waals surface area contributed by atoms with Crippen LogP contribution in [0.5, 0.6) is 0 Å². The molecule has 2 heteroatoms. The van der Waals surface area contributed by atoms with Gasteiger partial charge >= 0.3 is 0 Å². The van der Waals surface area contributed by atoms with Crippen LogP contribution in [-0.2, 0) is 5.41 Å². The molecule has 3 aromatic rings. The van der Waals surface area contributed by atoms with Crippen LogP contribution in [0.2, 0.25) is 0 Å². The lowest BCUT2D eigenvalue weighted by Crippen LogP contribution is -2.38. The van der Waals surface area contributed by atoms with Gasteiger partial charge in [-0.3, -0.25) is 0 Å². The van der Waals surface area contributed by atoms with Crippen molar-refractivity contribution in [3.63, 3.8) is 0 Å². The van der Waals surface area contributed by atoms with E-state index in [4.69, 9.17) is 0 Å². The van der Waals surface area contributed by atoms with Crippen molar-refractivity contribution in [1.82, 2.24) is 0 Å². The summed E-state index contributed by atoms with van der Waals surface area (Å²) in [6.45, 7) is 15.5. The van der Waals surface area contributed by atoms with Crippen LogP contribution in [0, 0.1) is 19.7 Å². The van der Waals surface area contributed by atoms with Crippen LogP contribution < -0.4 is 4.90 Å². The molecule has 0 saturated carbocycles. The van der Waals surface area contributed by atoms with E-state index in [1.807, 2.05) is 6.07 Å². The van der Waals surface area contributed by atoms with E-state index in [1.165, 1.54) is 33.6 Å². The number of benzene rings is 3. The van der Waals surface area contributed by atoms with Crippen molar-refractivity contribution in [3.8, 4) is 11.1 Å². The number of hydrogen-bond acceptors (Lipinski definition) is 1. The fourth-order valence-electron chi connectivity index (χ4n) is 4.76. The smallest absolute Gasteiger partial charge is 0.123 e. The summed E-state index contributed by atoms with van der Waals surface area (Å²) in [6.07, 6.45) is 0. The summed E-state index contributed by atoms with van der Waals surface area (Å²) in [5.41, 5.74) is 9.32. The van der Waals surface area contributed by atoms with E-state index in [2.05, 4.69) is 89.8 Å². The molecule has 150 valence electrons. The Morgan fingerprint density at radius 3 is 2.07 bits per heavy atom. The molecule has 0 unspecified atom stereocenters. The molecule has 29 heavy (non-hydrogen) atoms. The van der Waals surface area contributed by atoms with Gasteiger partial charge in [-0.1, -0.05) is 38.1 Å². The maximum atomic E-state index is 14.0. The predicted molar refractivity (Wildman–Crippen MR) is 122 cm³/mol. The van der Waals surface area contributed by atoms with Gasteiger partial charge in [0.05, 0.1) is 0 Å². The summed E-state index contributed by atoms with van der Waals surface area (Å²) >= 11 is 0. The van der Waals surface area contributed by atoms with E-state index in [0.29, 0.717) is 0 Å². The highest BCUT2D eigenvalue weighted by Crippen LogP contribution is 2.51. The molecule has 0 spiro atoms. The first-order valence-electron chi connectivity index (χ1n) is 10.3. The summed E-state index contributed by atoms with van der Waals surface area (Å²) in [6, 6.07) is 18.4. The second kappa shape index (κ2) is 6.45. The Bertz CT molecular complexity index is 1100. The molecule has 1 aliphatic carbocycles. The number of halogens is 1. The van der Waals surface area contributed by atoms with E-state index in [9.17, 15) is 4.39 Å². The maximum Gasteiger partial charge on any atom is 0.123 e. The summed E-state index contributed by atoms with van der Waals surface area (Å²) in [5, 5.41) is 0. The van der Waals surface area contributed by atoms with Crippen molar-refractivity contribution in [1.29, 1.82) is 0 Å². The lowest BCUT2D eigenvalue weighted by molar-refractivity contribution is 0.557. The Hall–Kier alpha value is -2.61. The Labute approximate surface area is 174 Å². The van der Waals surface area contributed by atoms with Gasteiger partial charge in [0, 0.05) is 22.3 Å². The Kier molecular flexibility index (Phi) is 4.38. The van der Waals surface area contributed by atoms with E-state index < -0.39 is 0 Å². The molecule has 0 N–H and O–H groups in total. The van der Waals surface area contributed by atoms with Crippen LogP contribution in [-0.4, -0.2) is 5.54 Å². The van der Waals surface area contributed by atoms with E-state index in [-0.39, 0.29) is 16.8 Å². The first kappa shape index (κ1) is 19.7. The first-order valence-corrected chi connectivity index (χ1v) is 10.3. The SMILES string of the molecule is Cc1ccccc1N(c1cc2c(cc1C)-c1ccc(F)cc1C2(C)C)C(C)(C)C. The average molecular weight is 388 g/mol. The van der Waals surface area contributed by atoms with Crippen molar-refractivity contribution in [2.75, 3.05) is 4.90 Å². The molecule has 4 rings (SSSR count). The molecule has 0 bridgehead atoms. The number of aryl methyl sites for hydroxylation is 2. The molecule has 0 amide bonds. The van der Waals surface area contributed by atoms with Gasteiger partial charge in [-0.05, 0) is 98.3 Å². The number of para-hydroxylation sites is 1. The fraction of sp³-hybridized carbons (Fsp3) is 0.333. The molecule has 0 heterocycles. The minimum Gasteiger partial charge on any atom is -0.336 e. The van der Waals surface area contributed by atoms with Crippen molar-refractivity contribution >= 4 is 11.4 Å². The molecule has 0 aliphatic heterocycles. The quantitative estimate of drug-likeness (QED) is 0.436. The molecule has 0 saturated heterocycles. The molecule has 1 aliphatic rings. The van der Waals surface area contributed by atoms with Crippen molar-refractivity contribution in [2.24, 2.45) is 0 Å². The third-order valence-electron chi connectivity index (χ3n) is 6.22. The lowest BCUT2D eigenvalue weighted by Gasteiger charge is -2.40. The first-order chi connectivity index (χ1) is 13.5. The van der Waals surface area contributed by atoms with Crippen LogP contribution in [0.15, 0.2) is 54.6 Å². The summed E-state index contributed by atoms with van der Waals surface area (Å²) in [4.78, 5) is 2.44. The number of nitrogens with zero attached hydrogens (tertiary/aromatic N) is 1. The zero-order valence-corrected chi connectivity index (χ0v) is 18.5. The minimum atomic E-state index is -0.232. The molecule has 3 aromatic carbocycles. The number of hydrogen-bond donors (Lipinski definition) is 0. The van der Waals surface area contributed by atoms with Gasteiger partial charge < -0.3 is 4.90 Å². The third kappa shape index (κ3) is 3.06. The summed E-state index contributed by atoms with van der Waals surface area (Å²) in [7, 11) is 0. The van der Waals surface area contributed by atoms with Gasteiger partial charge in [0.25, 0.3) is 0 Å². The number of rotatable bonds is 2. The van der Waals surface area contributed by atoms with Crippen LogP contribution >= 0.6 is 0 Å². The standard InChI is InChI=1S/C27H30FN/c1-17-10-8-9-11-24(17)29(26(3,4)5)25-16-23-21(14-18(25)2)20-13-12-19(28)15-22(20)27(23,6)7/h8-16H,1-7H3. The monoisotopic (exact) mass is 387 g/mol. The van der Waals surface area contributed by atoms with E-state index in [0.717, 1.165) is 11.1 Å². The second-order valence-electron chi connectivity index (χ2n) is 9.79. The molecule has 0 fully saturated rings. The Morgan fingerprint density at radius 2 is 1.41 bits per heavy atom. The predicted octanol–water partition coefficient (Wildman–Crippen LogP) is 7.69. The van der Waals surface area contributed by atoms with Crippen LogP contribution in [0.1, 0.15) is 56.9 Å². The molecular weight excluding hydrogens is 357 g/mol. The van der Waals surface area contributed by atoms with Gasteiger partial charge in [0.15, 0.2) is 0 Å². The molecule has 0 aromatic heterocycles. The van der Waals surface area contributed by atoms with Gasteiger partial charge in [-0.25, -0.2) is 4.39 Å². The zero-order valence-electron chi connectivity index (χ0n) is 18.5. The topological polar surface area (TPSA) is 3.24 Å². The van der Waals surface area contributed by atoms with Gasteiger partial charge in [0.2, 0.25) is 0 Å². The summed E-state index contributed by atoms with van der Waals surface area (Å²) in [5.74, 6) is -0.169. The highest BCUT2D eigenvalue weighted by atomic mass is 19.1. The molecule has 0 atom stereocenters. The van der Waals surface area contributed by atoms with Gasteiger partial charge in [-0.2, -0.15) is 0 Å². The number of fused-ring (bicyclic) bond motifs is 3. The Morgan fingerprint density at radius 1 is 0.759 bits per heavy atom. The fourth-order valence-corrected chi connectivity index (χ4v) is 4.76. The van der Waals surface area contributed by atoms with Crippen LogP contribution in [0.4, 0.5) is 15.8 Å².